The van der Waals surface area contributed by atoms with Gasteiger partial charge < -0.3 is 19.9 Å². The van der Waals surface area contributed by atoms with E-state index in [-0.39, 0.29) is 5.56 Å². The summed E-state index contributed by atoms with van der Waals surface area (Å²) in [6.45, 7) is 0.308. The molecule has 0 radical (unpaired) electrons. The minimum Gasteiger partial charge on any atom is -0.465 e. The fourth-order valence-corrected chi connectivity index (χ4v) is 3.54. The lowest BCUT2D eigenvalue weighted by Crippen LogP contribution is -2.43. The number of H-pyrrole nitrogens is 1. The molecule has 0 bridgehead atoms. The first-order chi connectivity index (χ1) is 14.5. The molecule has 7 nitrogen and oxygen atoms in total. The van der Waals surface area contributed by atoms with E-state index in [0.717, 1.165) is 17.8 Å². The molecule has 154 valence electrons. The van der Waals surface area contributed by atoms with Gasteiger partial charge in [0.15, 0.2) is 0 Å². The Balaban J connectivity index is 1.63. The molecule has 1 aromatic heterocycles. The summed E-state index contributed by atoms with van der Waals surface area (Å²) in [5.74, 6) is -1.94. The van der Waals surface area contributed by atoms with Crippen molar-refractivity contribution >= 4 is 17.7 Å². The molecular formula is C21H18F2N4O3. The van der Waals surface area contributed by atoms with E-state index in [4.69, 9.17) is 0 Å². The normalized spacial score (nSPS) is 15.4. The number of esters is 1. The van der Waals surface area contributed by atoms with Gasteiger partial charge in [0.2, 0.25) is 0 Å². The van der Waals surface area contributed by atoms with Crippen LogP contribution in [0.15, 0.2) is 48.8 Å². The zero-order valence-electron chi connectivity index (χ0n) is 16.0. The van der Waals surface area contributed by atoms with Crippen molar-refractivity contribution in [3.63, 3.8) is 0 Å². The van der Waals surface area contributed by atoms with Crippen LogP contribution >= 0.6 is 0 Å². The third-order valence-corrected chi connectivity index (χ3v) is 5.00. The molecule has 3 aromatic rings. The van der Waals surface area contributed by atoms with E-state index in [0.29, 0.717) is 29.9 Å². The number of carbonyl (C=O) groups excluding carboxylic acids is 2. The zero-order chi connectivity index (χ0) is 21.3. The Kier molecular flexibility index (Phi) is 5.18. The maximum absolute atomic E-state index is 14.6. The van der Waals surface area contributed by atoms with Crippen molar-refractivity contribution in [3.05, 3.63) is 82.9 Å². The van der Waals surface area contributed by atoms with Crippen LogP contribution in [-0.2, 0) is 11.2 Å². The first-order valence-corrected chi connectivity index (χ1v) is 9.21. The lowest BCUT2D eigenvalue weighted by Gasteiger charge is -2.35. The number of urea groups is 1. The minimum atomic E-state index is -0.810. The predicted octanol–water partition coefficient (Wildman–Crippen LogP) is 3.65. The number of imidazole rings is 1. The van der Waals surface area contributed by atoms with Crippen molar-refractivity contribution < 1.29 is 23.1 Å². The number of halogens is 2. The van der Waals surface area contributed by atoms with Gasteiger partial charge in [0, 0.05) is 36.0 Å². The largest absolute Gasteiger partial charge is 0.465 e. The summed E-state index contributed by atoms with van der Waals surface area (Å²) >= 11 is 0. The molecule has 1 aliphatic rings. The van der Waals surface area contributed by atoms with E-state index in [1.807, 2.05) is 0 Å². The number of hydrogen-bond acceptors (Lipinski definition) is 4. The molecule has 1 atom stereocenters. The van der Waals surface area contributed by atoms with Gasteiger partial charge in [-0.2, -0.15) is 0 Å². The highest BCUT2D eigenvalue weighted by Gasteiger charge is 2.35. The number of fused-ring (bicyclic) bond motifs is 1. The fourth-order valence-electron chi connectivity index (χ4n) is 3.54. The fraction of sp³-hybridized carbons (Fsp3) is 0.190. The van der Waals surface area contributed by atoms with Crippen LogP contribution < -0.4 is 5.32 Å². The smallest absolute Gasteiger partial charge is 0.337 e. The molecule has 0 saturated heterocycles. The molecule has 1 aliphatic heterocycles. The Hall–Kier alpha value is -3.75. The van der Waals surface area contributed by atoms with E-state index < -0.39 is 29.7 Å². The molecule has 2 amide bonds. The van der Waals surface area contributed by atoms with Gasteiger partial charge in [-0.05, 0) is 30.3 Å². The number of nitrogens with one attached hydrogen (secondary N) is 2. The monoisotopic (exact) mass is 412 g/mol. The second-order valence-electron chi connectivity index (χ2n) is 6.78. The standard InChI is InChI=1S/C21H18F2N4O3/c1-30-20(28)12-2-5-14(6-3-12)26-21(29)27-9-8-17-18(25-11-24-17)19(27)15-7-4-13(22)10-16(15)23/h2-7,10-11,19H,8-9H2,1H3,(H,24,25)(H,26,29)/t19-/m0/s1. The summed E-state index contributed by atoms with van der Waals surface area (Å²) < 4.78 is 32.6. The highest BCUT2D eigenvalue weighted by molar-refractivity contribution is 5.92. The van der Waals surface area contributed by atoms with Gasteiger partial charge in [-0.25, -0.2) is 23.4 Å². The number of nitrogens with zero attached hydrogens (tertiary/aromatic N) is 2. The Morgan fingerprint density at radius 3 is 2.67 bits per heavy atom. The van der Waals surface area contributed by atoms with Crippen LogP contribution in [-0.4, -0.2) is 40.5 Å². The van der Waals surface area contributed by atoms with Gasteiger partial charge in [-0.1, -0.05) is 6.07 Å². The highest BCUT2D eigenvalue weighted by atomic mass is 19.1. The molecule has 2 N–H and O–H groups in total. The number of aromatic amines is 1. The van der Waals surface area contributed by atoms with Crippen LogP contribution in [0.1, 0.15) is 33.4 Å². The third-order valence-electron chi connectivity index (χ3n) is 5.00. The number of ether oxygens (including phenoxy) is 1. The first kappa shape index (κ1) is 19.6. The molecule has 0 aliphatic carbocycles. The Morgan fingerprint density at radius 1 is 1.20 bits per heavy atom. The molecule has 30 heavy (non-hydrogen) atoms. The van der Waals surface area contributed by atoms with Gasteiger partial charge in [0.05, 0.1) is 24.7 Å². The summed E-state index contributed by atoms with van der Waals surface area (Å²) in [5.41, 5.74) is 2.28. The Labute approximate surface area is 170 Å². The van der Waals surface area contributed by atoms with Crippen LogP contribution in [0.25, 0.3) is 0 Å². The Morgan fingerprint density at radius 2 is 1.97 bits per heavy atom. The van der Waals surface area contributed by atoms with E-state index in [1.54, 1.807) is 12.1 Å². The molecule has 0 unspecified atom stereocenters. The molecule has 2 heterocycles. The summed E-state index contributed by atoms with van der Waals surface area (Å²) in [7, 11) is 1.28. The maximum atomic E-state index is 14.6. The van der Waals surface area contributed by atoms with Gasteiger partial charge in [-0.15, -0.1) is 0 Å². The van der Waals surface area contributed by atoms with E-state index in [9.17, 15) is 18.4 Å². The number of amides is 2. The molecule has 0 saturated carbocycles. The van der Waals surface area contributed by atoms with Crippen LogP contribution in [0.5, 0.6) is 0 Å². The van der Waals surface area contributed by atoms with Crippen molar-refractivity contribution in [2.45, 2.75) is 12.5 Å². The number of hydrogen-bond donors (Lipinski definition) is 2. The highest BCUT2D eigenvalue weighted by Crippen LogP contribution is 2.35. The quantitative estimate of drug-likeness (QED) is 0.643. The summed E-state index contributed by atoms with van der Waals surface area (Å²) in [6.07, 6.45) is 2.01. The lowest BCUT2D eigenvalue weighted by molar-refractivity contribution is 0.0600. The number of methoxy groups -OCH3 is 1. The third kappa shape index (κ3) is 3.61. The minimum absolute atomic E-state index is 0.153. The molecule has 4 rings (SSSR count). The van der Waals surface area contributed by atoms with Crippen LogP contribution in [0.2, 0.25) is 0 Å². The van der Waals surface area contributed by atoms with Crippen LogP contribution in [0.3, 0.4) is 0 Å². The number of anilines is 1. The average molecular weight is 412 g/mol. The van der Waals surface area contributed by atoms with Gasteiger partial charge >= 0.3 is 12.0 Å². The SMILES string of the molecule is COC(=O)c1ccc(NC(=O)N2CCc3[nH]cnc3[C@@H]2c2ccc(F)cc2F)cc1. The Bertz CT molecular complexity index is 1100. The average Bonchev–Trinajstić information content (AvgIpc) is 3.22. The number of aromatic nitrogens is 2. The number of carbonyl (C=O) groups is 2. The first-order valence-electron chi connectivity index (χ1n) is 9.21. The number of rotatable bonds is 3. The van der Waals surface area contributed by atoms with Gasteiger partial charge in [-0.3, -0.25) is 0 Å². The second kappa shape index (κ2) is 7.94. The van der Waals surface area contributed by atoms with Crippen molar-refractivity contribution in [3.8, 4) is 0 Å². The predicted molar refractivity (Wildman–Crippen MR) is 104 cm³/mol. The van der Waals surface area contributed by atoms with E-state index in [1.165, 1.54) is 36.5 Å². The van der Waals surface area contributed by atoms with Crippen molar-refractivity contribution in [1.29, 1.82) is 0 Å². The van der Waals surface area contributed by atoms with E-state index >= 15 is 0 Å². The molecule has 0 spiro atoms. The van der Waals surface area contributed by atoms with Crippen molar-refractivity contribution in [2.24, 2.45) is 0 Å². The molecule has 2 aromatic carbocycles. The van der Waals surface area contributed by atoms with Crippen LogP contribution in [0, 0.1) is 11.6 Å². The summed E-state index contributed by atoms with van der Waals surface area (Å²) in [4.78, 5) is 33.3. The van der Waals surface area contributed by atoms with Gasteiger partial charge in [0.1, 0.15) is 17.7 Å². The van der Waals surface area contributed by atoms with E-state index in [2.05, 4.69) is 20.0 Å². The maximum Gasteiger partial charge on any atom is 0.337 e. The van der Waals surface area contributed by atoms with Crippen LogP contribution in [0.4, 0.5) is 19.3 Å². The topological polar surface area (TPSA) is 87.3 Å². The zero-order valence-corrected chi connectivity index (χ0v) is 16.0. The molecular weight excluding hydrogens is 394 g/mol. The van der Waals surface area contributed by atoms with Crippen molar-refractivity contribution in [1.82, 2.24) is 14.9 Å². The molecule has 9 heteroatoms. The van der Waals surface area contributed by atoms with Crippen molar-refractivity contribution in [2.75, 3.05) is 19.0 Å². The van der Waals surface area contributed by atoms with Gasteiger partial charge in [0.25, 0.3) is 0 Å². The second-order valence-corrected chi connectivity index (χ2v) is 6.78. The molecule has 0 fully saturated rings. The number of benzene rings is 2. The summed E-state index contributed by atoms with van der Waals surface area (Å²) in [6, 6.07) is 8.19. The summed E-state index contributed by atoms with van der Waals surface area (Å²) in [5, 5.41) is 2.75. The lowest BCUT2D eigenvalue weighted by atomic mass is 9.95.